The fraction of sp³-hybridized carbons (Fsp3) is 0.824. The van der Waals surface area contributed by atoms with Crippen LogP contribution in [0.15, 0.2) is 4.52 Å². The van der Waals surface area contributed by atoms with Gasteiger partial charge in [0, 0.05) is 18.9 Å². The summed E-state index contributed by atoms with van der Waals surface area (Å²) in [6.45, 7) is 0.184. The number of hydrogen-bond acceptors (Lipinski definition) is 6. The number of carboxylic acid groups (broad SMARTS) is 1. The first-order valence-corrected chi connectivity index (χ1v) is 11.2. The van der Waals surface area contributed by atoms with Crippen LogP contribution in [0.5, 0.6) is 0 Å². The zero-order valence-electron chi connectivity index (χ0n) is 15.3. The van der Waals surface area contributed by atoms with Crippen molar-refractivity contribution in [1.82, 2.24) is 14.9 Å². The van der Waals surface area contributed by atoms with Crippen molar-refractivity contribution in [2.45, 2.75) is 70.1 Å². The molecule has 1 aromatic rings. The molecule has 2 rings (SSSR count). The number of nitrogens with one attached hydrogen (secondary N) is 1. The van der Waals surface area contributed by atoms with E-state index in [-0.39, 0.29) is 18.9 Å². The molecular weight excluding hydrogens is 358 g/mol. The Hall–Kier alpha value is -1.48. The minimum absolute atomic E-state index is 0.0338. The topological polar surface area (TPSA) is 122 Å². The van der Waals surface area contributed by atoms with E-state index in [1.807, 2.05) is 0 Å². The molecule has 9 heteroatoms. The van der Waals surface area contributed by atoms with Crippen molar-refractivity contribution in [3.8, 4) is 0 Å². The van der Waals surface area contributed by atoms with Crippen LogP contribution in [-0.2, 0) is 21.2 Å². The Kier molecular flexibility index (Phi) is 8.02. The van der Waals surface area contributed by atoms with E-state index < -0.39 is 16.0 Å². The van der Waals surface area contributed by atoms with Gasteiger partial charge in [-0.1, -0.05) is 50.1 Å². The molecule has 1 aromatic heterocycles. The van der Waals surface area contributed by atoms with Gasteiger partial charge in [0.25, 0.3) is 0 Å². The molecule has 0 radical (unpaired) electrons. The first-order chi connectivity index (χ1) is 12.3. The molecule has 0 aliphatic heterocycles. The predicted molar refractivity (Wildman–Crippen MR) is 96.3 cm³/mol. The minimum Gasteiger partial charge on any atom is -0.481 e. The average Bonchev–Trinajstić information content (AvgIpc) is 3.02. The lowest BCUT2D eigenvalue weighted by Crippen LogP contribution is -2.24. The number of sulfonamides is 1. The summed E-state index contributed by atoms with van der Waals surface area (Å²) in [6, 6.07) is 0. The molecule has 0 spiro atoms. The maximum Gasteiger partial charge on any atom is 0.304 e. The highest BCUT2D eigenvalue weighted by Crippen LogP contribution is 2.31. The van der Waals surface area contributed by atoms with E-state index in [9.17, 15) is 13.2 Å². The van der Waals surface area contributed by atoms with Gasteiger partial charge in [-0.3, -0.25) is 4.79 Å². The van der Waals surface area contributed by atoms with Crippen LogP contribution in [0.4, 0.5) is 0 Å². The summed E-state index contributed by atoms with van der Waals surface area (Å²) >= 11 is 0. The molecule has 1 aliphatic rings. The third kappa shape index (κ3) is 7.82. The van der Waals surface area contributed by atoms with Crippen molar-refractivity contribution in [3.63, 3.8) is 0 Å². The van der Waals surface area contributed by atoms with Gasteiger partial charge in [0.05, 0.1) is 12.7 Å². The average molecular weight is 388 g/mol. The van der Waals surface area contributed by atoms with E-state index in [0.717, 1.165) is 25.0 Å². The Labute approximate surface area is 154 Å². The van der Waals surface area contributed by atoms with Gasteiger partial charge in [-0.2, -0.15) is 4.98 Å². The van der Waals surface area contributed by atoms with Gasteiger partial charge in [0.1, 0.15) is 0 Å². The molecule has 0 bridgehead atoms. The van der Waals surface area contributed by atoms with Gasteiger partial charge in [-0.25, -0.2) is 13.1 Å². The van der Waals surface area contributed by atoms with E-state index in [1.165, 1.54) is 32.1 Å². The van der Waals surface area contributed by atoms with E-state index in [2.05, 4.69) is 14.9 Å². The fourth-order valence-corrected chi connectivity index (χ4v) is 4.01. The third-order valence-corrected chi connectivity index (χ3v) is 5.59. The summed E-state index contributed by atoms with van der Waals surface area (Å²) in [7, 11) is -3.26. The van der Waals surface area contributed by atoms with Gasteiger partial charge < -0.3 is 9.63 Å². The number of carboxylic acids is 1. The molecule has 1 saturated carbocycles. The van der Waals surface area contributed by atoms with Gasteiger partial charge in [-0.05, 0) is 12.3 Å². The van der Waals surface area contributed by atoms with E-state index in [1.54, 1.807) is 0 Å². The van der Waals surface area contributed by atoms with Crippen LogP contribution in [0.2, 0.25) is 0 Å². The van der Waals surface area contributed by atoms with Gasteiger partial charge >= 0.3 is 5.97 Å². The molecule has 1 fully saturated rings. The Bertz CT molecular complexity index is 668. The normalized spacial score (nSPS) is 17.3. The highest BCUT2D eigenvalue weighted by atomic mass is 32.2. The summed E-state index contributed by atoms with van der Waals surface area (Å²) < 4.78 is 29.7. The van der Waals surface area contributed by atoms with Crippen molar-refractivity contribution in [3.05, 3.63) is 11.7 Å². The Morgan fingerprint density at radius 2 is 2.08 bits per heavy atom. The summed E-state index contributed by atoms with van der Waals surface area (Å²) in [6.07, 6.45) is 10.6. The second-order valence-electron chi connectivity index (χ2n) is 7.20. The zero-order chi connectivity index (χ0) is 19.0. The van der Waals surface area contributed by atoms with E-state index >= 15 is 0 Å². The van der Waals surface area contributed by atoms with Gasteiger partial charge in [0.15, 0.2) is 5.82 Å². The Balaban J connectivity index is 1.86. The van der Waals surface area contributed by atoms with Gasteiger partial charge in [-0.15, -0.1) is 0 Å². The largest absolute Gasteiger partial charge is 0.481 e. The smallest absolute Gasteiger partial charge is 0.304 e. The third-order valence-electron chi connectivity index (χ3n) is 4.86. The van der Waals surface area contributed by atoms with Crippen molar-refractivity contribution >= 4 is 16.0 Å². The van der Waals surface area contributed by atoms with Gasteiger partial charge in [0.2, 0.25) is 15.9 Å². The Morgan fingerprint density at radius 1 is 1.35 bits per heavy atom. The molecule has 1 atom stereocenters. The summed E-state index contributed by atoms with van der Waals surface area (Å²) in [5.41, 5.74) is 0. The van der Waals surface area contributed by atoms with Crippen LogP contribution in [0.3, 0.4) is 0 Å². The van der Waals surface area contributed by atoms with Crippen LogP contribution in [0.1, 0.15) is 75.4 Å². The minimum atomic E-state index is -3.26. The van der Waals surface area contributed by atoms with Crippen LogP contribution in [0, 0.1) is 5.92 Å². The number of nitrogens with zero attached hydrogens (tertiary/aromatic N) is 2. The number of aromatic nitrogens is 2. The lowest BCUT2D eigenvalue weighted by atomic mass is 9.84. The van der Waals surface area contributed by atoms with Crippen molar-refractivity contribution in [1.29, 1.82) is 0 Å². The van der Waals surface area contributed by atoms with Crippen LogP contribution < -0.4 is 4.72 Å². The molecule has 0 aromatic carbocycles. The highest BCUT2D eigenvalue weighted by molar-refractivity contribution is 7.88. The monoisotopic (exact) mass is 387 g/mol. The summed E-state index contributed by atoms with van der Waals surface area (Å²) in [5.74, 6) is 0.310. The number of aliphatic carboxylic acids is 1. The lowest BCUT2D eigenvalue weighted by molar-refractivity contribution is -0.137. The summed E-state index contributed by atoms with van der Waals surface area (Å²) in [5, 5.41) is 13.0. The fourth-order valence-electron chi connectivity index (χ4n) is 3.54. The number of rotatable bonds is 11. The number of carbonyl (C=O) groups is 1. The maximum absolute atomic E-state index is 11.2. The van der Waals surface area contributed by atoms with Crippen LogP contribution >= 0.6 is 0 Å². The molecule has 1 heterocycles. The molecule has 0 unspecified atom stereocenters. The zero-order valence-corrected chi connectivity index (χ0v) is 16.1. The molecule has 2 N–H and O–H groups in total. The first-order valence-electron chi connectivity index (χ1n) is 9.32. The van der Waals surface area contributed by atoms with E-state index in [0.29, 0.717) is 24.6 Å². The first kappa shape index (κ1) is 20.8. The van der Waals surface area contributed by atoms with E-state index in [4.69, 9.17) is 9.63 Å². The van der Waals surface area contributed by atoms with Crippen LogP contribution in [-0.4, -0.2) is 42.4 Å². The number of hydrogen-bond donors (Lipinski definition) is 2. The van der Waals surface area contributed by atoms with Crippen molar-refractivity contribution in [2.75, 3.05) is 12.8 Å². The maximum atomic E-state index is 11.2. The predicted octanol–water partition coefficient (Wildman–Crippen LogP) is 2.47. The van der Waals surface area contributed by atoms with Crippen molar-refractivity contribution in [2.24, 2.45) is 5.92 Å². The highest BCUT2D eigenvalue weighted by Gasteiger charge is 2.23. The van der Waals surface area contributed by atoms with Crippen molar-refractivity contribution < 1.29 is 22.8 Å². The molecule has 0 saturated heterocycles. The molecule has 8 nitrogen and oxygen atoms in total. The standard InChI is InChI=1S/C17H29N3O5S/c1-26(23,24)18-11-10-15-19-17(25-20-15)14(12-16(21)22)9-5-8-13-6-3-2-4-7-13/h13-14,18H,2-12H2,1H3,(H,21,22)/t14-/m1/s1. The molecular formula is C17H29N3O5S. The second-order valence-corrected chi connectivity index (χ2v) is 9.03. The SMILES string of the molecule is CS(=O)(=O)NCCc1noc([C@H](CCCC2CCCCC2)CC(=O)O)n1. The summed E-state index contributed by atoms with van der Waals surface area (Å²) in [4.78, 5) is 15.4. The quantitative estimate of drug-likeness (QED) is 0.598. The molecule has 148 valence electrons. The molecule has 0 amide bonds. The van der Waals surface area contributed by atoms with Crippen LogP contribution in [0.25, 0.3) is 0 Å². The second kappa shape index (κ2) is 10.0. The lowest BCUT2D eigenvalue weighted by Gasteiger charge is -2.21. The Morgan fingerprint density at radius 3 is 2.73 bits per heavy atom. The molecule has 26 heavy (non-hydrogen) atoms. The molecule has 1 aliphatic carbocycles.